The van der Waals surface area contributed by atoms with E-state index >= 15 is 0 Å². The number of aromatic nitrogens is 1. The van der Waals surface area contributed by atoms with Gasteiger partial charge in [0.05, 0.1) is 5.51 Å². The monoisotopic (exact) mass is 256 g/mol. The molecule has 0 spiro atoms. The third kappa shape index (κ3) is 3.81. The van der Waals surface area contributed by atoms with E-state index < -0.39 is 17.9 Å². The molecule has 5 nitrogen and oxygen atoms in total. The quantitative estimate of drug-likeness (QED) is 0.840. The fraction of sp³-hybridized carbons (Fsp3) is 0.545. The molecule has 2 N–H and O–H groups in total. The van der Waals surface area contributed by atoms with Crippen molar-refractivity contribution in [2.75, 3.05) is 0 Å². The van der Waals surface area contributed by atoms with Crippen molar-refractivity contribution in [1.82, 2.24) is 10.3 Å². The number of aliphatic carboxylic acids is 1. The third-order valence-corrected chi connectivity index (χ3v) is 3.03. The highest BCUT2D eigenvalue weighted by molar-refractivity contribution is 7.09. The third-order valence-electron chi connectivity index (χ3n) is 2.27. The first-order chi connectivity index (χ1) is 7.91. The molecule has 0 aliphatic heterocycles. The summed E-state index contributed by atoms with van der Waals surface area (Å²) < 4.78 is 0. The molecule has 94 valence electrons. The zero-order chi connectivity index (χ0) is 13.0. The van der Waals surface area contributed by atoms with Crippen molar-refractivity contribution in [2.24, 2.45) is 5.92 Å². The first kappa shape index (κ1) is 13.6. The van der Waals surface area contributed by atoms with E-state index in [0.717, 1.165) is 4.88 Å². The normalized spacial score (nSPS) is 12.5. The number of rotatable bonds is 5. The van der Waals surface area contributed by atoms with Crippen LogP contribution in [-0.4, -0.2) is 28.0 Å². The lowest BCUT2D eigenvalue weighted by Gasteiger charge is -2.15. The van der Waals surface area contributed by atoms with Crippen molar-refractivity contribution in [3.63, 3.8) is 0 Å². The molecule has 0 fully saturated rings. The number of hydrogen-bond acceptors (Lipinski definition) is 4. The van der Waals surface area contributed by atoms with Gasteiger partial charge in [-0.05, 0) is 19.3 Å². The average molecular weight is 256 g/mol. The highest BCUT2D eigenvalue weighted by Gasteiger charge is 2.23. The number of carbonyl (C=O) groups is 2. The number of hydrogen-bond donors (Lipinski definition) is 2. The van der Waals surface area contributed by atoms with E-state index in [2.05, 4.69) is 10.3 Å². The van der Waals surface area contributed by atoms with Gasteiger partial charge in [0.25, 0.3) is 5.91 Å². The Hall–Kier alpha value is -1.43. The first-order valence-electron chi connectivity index (χ1n) is 5.35. The number of carboxylic acid groups (broad SMARTS) is 1. The minimum absolute atomic E-state index is 0.202. The molecule has 1 aromatic heterocycles. The van der Waals surface area contributed by atoms with E-state index in [4.69, 9.17) is 5.11 Å². The van der Waals surface area contributed by atoms with Crippen molar-refractivity contribution >= 4 is 23.2 Å². The van der Waals surface area contributed by atoms with Crippen LogP contribution in [-0.2, 0) is 4.79 Å². The second-order valence-electron chi connectivity index (χ2n) is 4.25. The van der Waals surface area contributed by atoms with Crippen LogP contribution in [0, 0.1) is 12.8 Å². The van der Waals surface area contributed by atoms with Crippen LogP contribution in [0.4, 0.5) is 0 Å². The van der Waals surface area contributed by atoms with Crippen LogP contribution in [0.1, 0.15) is 35.6 Å². The Labute approximate surface area is 104 Å². The number of carbonyl (C=O) groups excluding carboxylic acids is 1. The SMILES string of the molecule is Cc1scnc1C(=O)N[C@H](CC(C)C)C(=O)O. The van der Waals surface area contributed by atoms with E-state index in [-0.39, 0.29) is 5.92 Å². The maximum Gasteiger partial charge on any atom is 0.326 e. The second-order valence-corrected chi connectivity index (χ2v) is 5.31. The molecule has 0 aliphatic rings. The molecule has 0 aliphatic carbocycles. The number of aryl methyl sites for hydroxylation is 1. The van der Waals surface area contributed by atoms with Gasteiger partial charge in [-0.1, -0.05) is 13.8 Å². The van der Waals surface area contributed by atoms with E-state index in [1.807, 2.05) is 13.8 Å². The van der Waals surface area contributed by atoms with Crippen molar-refractivity contribution in [3.05, 3.63) is 16.1 Å². The highest BCUT2D eigenvalue weighted by atomic mass is 32.1. The van der Waals surface area contributed by atoms with Gasteiger partial charge in [0.2, 0.25) is 0 Å². The Morgan fingerprint density at radius 2 is 2.18 bits per heavy atom. The molecule has 0 aromatic carbocycles. The van der Waals surface area contributed by atoms with Crippen LogP contribution in [0.15, 0.2) is 5.51 Å². The fourth-order valence-corrected chi connectivity index (χ4v) is 2.02. The van der Waals surface area contributed by atoms with Crippen molar-refractivity contribution in [3.8, 4) is 0 Å². The highest BCUT2D eigenvalue weighted by Crippen LogP contribution is 2.12. The molecular weight excluding hydrogens is 240 g/mol. The Balaban J connectivity index is 2.71. The van der Waals surface area contributed by atoms with Gasteiger partial charge in [-0.25, -0.2) is 9.78 Å². The molecule has 1 rings (SSSR count). The second kappa shape index (κ2) is 5.77. The Morgan fingerprint density at radius 3 is 2.59 bits per heavy atom. The minimum atomic E-state index is -1.01. The number of amides is 1. The van der Waals surface area contributed by atoms with E-state index in [0.29, 0.717) is 12.1 Å². The largest absolute Gasteiger partial charge is 0.480 e. The summed E-state index contributed by atoms with van der Waals surface area (Å²) in [4.78, 5) is 27.5. The van der Waals surface area contributed by atoms with Crippen LogP contribution in [0.3, 0.4) is 0 Å². The molecule has 1 atom stereocenters. The van der Waals surface area contributed by atoms with Gasteiger partial charge in [-0.15, -0.1) is 11.3 Å². The zero-order valence-electron chi connectivity index (χ0n) is 10.1. The first-order valence-corrected chi connectivity index (χ1v) is 6.23. The van der Waals surface area contributed by atoms with Crippen LogP contribution in [0.5, 0.6) is 0 Å². The maximum absolute atomic E-state index is 11.8. The summed E-state index contributed by atoms with van der Waals surface area (Å²) in [5.74, 6) is -1.23. The Bertz CT molecular complexity index is 415. The van der Waals surface area contributed by atoms with Gasteiger partial charge in [-0.2, -0.15) is 0 Å². The lowest BCUT2D eigenvalue weighted by molar-refractivity contribution is -0.139. The zero-order valence-corrected chi connectivity index (χ0v) is 10.9. The fourth-order valence-electron chi connectivity index (χ4n) is 1.44. The van der Waals surface area contributed by atoms with Crippen LogP contribution < -0.4 is 5.32 Å². The van der Waals surface area contributed by atoms with Gasteiger partial charge < -0.3 is 10.4 Å². The number of nitrogens with zero attached hydrogens (tertiary/aromatic N) is 1. The standard InChI is InChI=1S/C11H16N2O3S/c1-6(2)4-8(11(15)16)13-10(14)9-7(3)17-5-12-9/h5-6,8H,4H2,1-3H3,(H,13,14)(H,15,16)/t8-/m1/s1. The Kier molecular flexibility index (Phi) is 4.62. The van der Waals surface area contributed by atoms with E-state index in [1.165, 1.54) is 11.3 Å². The van der Waals surface area contributed by atoms with Gasteiger partial charge in [0, 0.05) is 4.88 Å². The van der Waals surface area contributed by atoms with Gasteiger partial charge in [-0.3, -0.25) is 4.79 Å². The number of thiazole rings is 1. The maximum atomic E-state index is 11.8. The molecule has 0 radical (unpaired) electrons. The Morgan fingerprint density at radius 1 is 1.53 bits per heavy atom. The molecule has 17 heavy (non-hydrogen) atoms. The summed E-state index contributed by atoms with van der Waals surface area (Å²) >= 11 is 1.36. The van der Waals surface area contributed by atoms with Crippen molar-refractivity contribution in [1.29, 1.82) is 0 Å². The molecule has 0 unspecified atom stereocenters. The van der Waals surface area contributed by atoms with Crippen LogP contribution >= 0.6 is 11.3 Å². The lowest BCUT2D eigenvalue weighted by Crippen LogP contribution is -2.41. The molecule has 0 saturated carbocycles. The number of carboxylic acids is 1. The summed E-state index contributed by atoms with van der Waals surface area (Å²) in [6.45, 7) is 5.61. The molecule has 0 saturated heterocycles. The van der Waals surface area contributed by atoms with Crippen LogP contribution in [0.2, 0.25) is 0 Å². The number of nitrogens with one attached hydrogen (secondary N) is 1. The molecule has 0 bridgehead atoms. The van der Waals surface area contributed by atoms with Crippen LogP contribution in [0.25, 0.3) is 0 Å². The lowest BCUT2D eigenvalue weighted by atomic mass is 10.0. The summed E-state index contributed by atoms with van der Waals surface area (Å²) in [6.07, 6.45) is 0.407. The predicted molar refractivity (Wildman–Crippen MR) is 65.2 cm³/mol. The smallest absolute Gasteiger partial charge is 0.326 e. The van der Waals surface area contributed by atoms with Crippen molar-refractivity contribution < 1.29 is 14.7 Å². The summed E-state index contributed by atoms with van der Waals surface area (Å²) in [6, 6.07) is -0.858. The average Bonchev–Trinajstić information content (AvgIpc) is 2.62. The van der Waals surface area contributed by atoms with E-state index in [1.54, 1.807) is 12.4 Å². The van der Waals surface area contributed by atoms with Crippen molar-refractivity contribution in [2.45, 2.75) is 33.2 Å². The molecule has 1 aromatic rings. The molecule has 1 amide bonds. The molecule has 6 heteroatoms. The summed E-state index contributed by atoms with van der Waals surface area (Å²) in [5.41, 5.74) is 1.88. The topological polar surface area (TPSA) is 79.3 Å². The predicted octanol–water partition coefficient (Wildman–Crippen LogP) is 1.68. The van der Waals surface area contributed by atoms with E-state index in [9.17, 15) is 9.59 Å². The summed E-state index contributed by atoms with van der Waals surface area (Å²) in [7, 11) is 0. The molecule has 1 heterocycles. The minimum Gasteiger partial charge on any atom is -0.480 e. The molecular formula is C11H16N2O3S. The van der Waals surface area contributed by atoms with Gasteiger partial charge >= 0.3 is 5.97 Å². The van der Waals surface area contributed by atoms with Gasteiger partial charge in [0.1, 0.15) is 11.7 Å². The van der Waals surface area contributed by atoms with Gasteiger partial charge in [0.15, 0.2) is 0 Å². The summed E-state index contributed by atoms with van der Waals surface area (Å²) in [5, 5.41) is 11.5.